The number of ether oxygens (including phenoxy) is 1. The first-order valence-corrected chi connectivity index (χ1v) is 6.87. The van der Waals surface area contributed by atoms with E-state index < -0.39 is 29.8 Å². The normalized spacial score (nSPS) is 11.2. The molecule has 1 aromatic heterocycles. The van der Waals surface area contributed by atoms with Gasteiger partial charge in [-0.15, -0.1) is 0 Å². The van der Waals surface area contributed by atoms with Gasteiger partial charge in [0, 0.05) is 6.42 Å². The molecule has 0 aliphatic heterocycles. The number of anilines is 1. The van der Waals surface area contributed by atoms with Crippen molar-refractivity contribution in [1.82, 2.24) is 4.98 Å². The Bertz CT molecular complexity index is 768. The van der Waals surface area contributed by atoms with Gasteiger partial charge in [0.25, 0.3) is 5.91 Å². The van der Waals surface area contributed by atoms with E-state index in [2.05, 4.69) is 14.7 Å². The third-order valence-corrected chi connectivity index (χ3v) is 2.97. The summed E-state index contributed by atoms with van der Waals surface area (Å²) in [5.74, 6) is -2.66. The molecule has 9 heteroatoms. The van der Waals surface area contributed by atoms with Crippen molar-refractivity contribution in [3.05, 3.63) is 41.3 Å². The van der Waals surface area contributed by atoms with E-state index in [0.717, 1.165) is 0 Å². The van der Waals surface area contributed by atoms with E-state index >= 15 is 0 Å². The highest BCUT2D eigenvalue weighted by Crippen LogP contribution is 2.31. The van der Waals surface area contributed by atoms with Crippen molar-refractivity contribution in [2.75, 3.05) is 5.32 Å². The Hall–Kier alpha value is -2.84. The second-order valence-electron chi connectivity index (χ2n) is 4.76. The lowest BCUT2D eigenvalue weighted by Crippen LogP contribution is -2.16. The molecule has 0 aliphatic carbocycles. The number of rotatable bonds is 4. The standard InChI is InChI=1S/C15H13F3N2O4/c1-3-11(21)24-12-8(2)5-4-6-9(12)13(22)20-14-19-7-10(23-14)15(16,17)18/h4-7H,3H2,1-2H3,(H,19,20,22). The summed E-state index contributed by atoms with van der Waals surface area (Å²) >= 11 is 0. The molecular weight excluding hydrogens is 329 g/mol. The van der Waals surface area contributed by atoms with E-state index in [1.165, 1.54) is 6.07 Å². The average molecular weight is 342 g/mol. The Kier molecular flexibility index (Phi) is 4.91. The van der Waals surface area contributed by atoms with Crippen LogP contribution in [0.4, 0.5) is 19.2 Å². The highest BCUT2D eigenvalue weighted by molar-refractivity contribution is 6.05. The third-order valence-electron chi connectivity index (χ3n) is 2.97. The molecule has 24 heavy (non-hydrogen) atoms. The number of esters is 1. The number of hydrogen-bond acceptors (Lipinski definition) is 5. The number of halogens is 3. The Morgan fingerprint density at radius 2 is 2.04 bits per heavy atom. The van der Waals surface area contributed by atoms with E-state index in [-0.39, 0.29) is 17.7 Å². The summed E-state index contributed by atoms with van der Waals surface area (Å²) in [5, 5.41) is 2.10. The molecule has 2 aromatic rings. The number of hydrogen-bond donors (Lipinski definition) is 1. The van der Waals surface area contributed by atoms with Gasteiger partial charge in [0.05, 0.1) is 11.8 Å². The minimum absolute atomic E-state index is 0.0245. The molecular formula is C15H13F3N2O4. The van der Waals surface area contributed by atoms with Crippen LogP contribution in [0.15, 0.2) is 28.8 Å². The van der Waals surface area contributed by atoms with Crippen LogP contribution in [-0.4, -0.2) is 16.9 Å². The number of nitrogens with one attached hydrogen (secondary N) is 1. The van der Waals surface area contributed by atoms with Crippen molar-refractivity contribution < 1.29 is 31.9 Å². The SMILES string of the molecule is CCC(=O)Oc1c(C)cccc1C(=O)Nc1ncc(C(F)(F)F)o1. The number of aryl methyl sites for hydroxylation is 1. The van der Waals surface area contributed by atoms with Crippen molar-refractivity contribution in [2.45, 2.75) is 26.4 Å². The molecule has 0 saturated heterocycles. The molecule has 0 radical (unpaired) electrons. The lowest BCUT2D eigenvalue weighted by Gasteiger charge is -2.11. The van der Waals surface area contributed by atoms with Gasteiger partial charge in [-0.3, -0.25) is 14.9 Å². The van der Waals surface area contributed by atoms with Crippen LogP contribution in [0.5, 0.6) is 5.75 Å². The number of alkyl halides is 3. The zero-order valence-corrected chi connectivity index (χ0v) is 12.7. The summed E-state index contributed by atoms with van der Waals surface area (Å²) < 4.78 is 46.9. The Balaban J connectivity index is 2.25. The molecule has 2 rings (SSSR count). The predicted molar refractivity (Wildman–Crippen MR) is 76.6 cm³/mol. The maximum Gasteiger partial charge on any atom is 0.451 e. The number of nitrogens with zero attached hydrogens (tertiary/aromatic N) is 1. The van der Waals surface area contributed by atoms with Crippen molar-refractivity contribution in [1.29, 1.82) is 0 Å². The average Bonchev–Trinajstić information content (AvgIpc) is 2.97. The maximum atomic E-state index is 12.5. The van der Waals surface area contributed by atoms with Crippen LogP contribution in [0, 0.1) is 6.92 Å². The summed E-state index contributed by atoms with van der Waals surface area (Å²) in [7, 11) is 0. The van der Waals surface area contributed by atoms with Gasteiger partial charge in [0.1, 0.15) is 5.75 Å². The summed E-state index contributed by atoms with van der Waals surface area (Å²) in [6.45, 7) is 3.22. The van der Waals surface area contributed by atoms with Crippen LogP contribution in [-0.2, 0) is 11.0 Å². The molecule has 1 amide bonds. The fraction of sp³-hybridized carbons (Fsp3) is 0.267. The summed E-state index contributed by atoms with van der Waals surface area (Å²) in [6.07, 6.45) is -4.14. The number of oxazole rings is 1. The van der Waals surface area contributed by atoms with E-state index in [9.17, 15) is 22.8 Å². The zero-order valence-electron chi connectivity index (χ0n) is 12.7. The Morgan fingerprint density at radius 1 is 1.33 bits per heavy atom. The van der Waals surface area contributed by atoms with Gasteiger partial charge < -0.3 is 9.15 Å². The molecule has 0 fully saturated rings. The smallest absolute Gasteiger partial charge is 0.425 e. The zero-order chi connectivity index (χ0) is 17.9. The van der Waals surface area contributed by atoms with Crippen LogP contribution in [0.2, 0.25) is 0 Å². The van der Waals surface area contributed by atoms with Gasteiger partial charge >= 0.3 is 18.2 Å². The number of carbonyl (C=O) groups is 2. The minimum Gasteiger partial charge on any atom is -0.425 e. The van der Waals surface area contributed by atoms with Gasteiger partial charge in [0.2, 0.25) is 5.76 Å². The molecule has 128 valence electrons. The monoisotopic (exact) mass is 342 g/mol. The highest BCUT2D eigenvalue weighted by atomic mass is 19.4. The summed E-state index contributed by atoms with van der Waals surface area (Å²) in [6, 6.07) is 3.93. The number of carbonyl (C=O) groups excluding carboxylic acids is 2. The van der Waals surface area contributed by atoms with Crippen molar-refractivity contribution in [3.8, 4) is 5.75 Å². The summed E-state index contributed by atoms with van der Waals surface area (Å²) in [4.78, 5) is 27.1. The number of aromatic nitrogens is 1. The van der Waals surface area contributed by atoms with Crippen LogP contribution in [0.25, 0.3) is 0 Å². The van der Waals surface area contributed by atoms with E-state index in [1.54, 1.807) is 26.0 Å². The Labute approximate surface area is 134 Å². The Morgan fingerprint density at radius 3 is 2.62 bits per heavy atom. The largest absolute Gasteiger partial charge is 0.451 e. The minimum atomic E-state index is -4.71. The first-order chi connectivity index (χ1) is 11.2. The van der Waals surface area contributed by atoms with Crippen LogP contribution in [0.1, 0.15) is 35.0 Å². The maximum absolute atomic E-state index is 12.5. The molecule has 0 unspecified atom stereocenters. The fourth-order valence-corrected chi connectivity index (χ4v) is 1.78. The molecule has 0 saturated carbocycles. The third kappa shape index (κ3) is 3.92. The van der Waals surface area contributed by atoms with Crippen LogP contribution in [0.3, 0.4) is 0 Å². The van der Waals surface area contributed by atoms with Crippen molar-refractivity contribution >= 4 is 17.9 Å². The molecule has 0 spiro atoms. The number of benzene rings is 1. The lowest BCUT2D eigenvalue weighted by atomic mass is 10.1. The molecule has 1 aromatic carbocycles. The van der Waals surface area contributed by atoms with Crippen molar-refractivity contribution in [3.63, 3.8) is 0 Å². The highest BCUT2D eigenvalue weighted by Gasteiger charge is 2.36. The van der Waals surface area contributed by atoms with Crippen LogP contribution >= 0.6 is 0 Å². The molecule has 0 aliphatic rings. The second kappa shape index (κ2) is 6.73. The van der Waals surface area contributed by atoms with Gasteiger partial charge in [-0.2, -0.15) is 13.2 Å². The quantitative estimate of drug-likeness (QED) is 0.678. The van der Waals surface area contributed by atoms with Gasteiger partial charge in [0.15, 0.2) is 0 Å². The molecule has 0 atom stereocenters. The fourth-order valence-electron chi connectivity index (χ4n) is 1.78. The summed E-state index contributed by atoms with van der Waals surface area (Å²) in [5.41, 5.74) is 0.497. The number of para-hydroxylation sites is 1. The first-order valence-electron chi connectivity index (χ1n) is 6.87. The second-order valence-corrected chi connectivity index (χ2v) is 4.76. The van der Waals surface area contributed by atoms with Crippen molar-refractivity contribution in [2.24, 2.45) is 0 Å². The van der Waals surface area contributed by atoms with E-state index in [1.807, 2.05) is 0 Å². The molecule has 1 N–H and O–H groups in total. The predicted octanol–water partition coefficient (Wildman–Crippen LogP) is 3.57. The topological polar surface area (TPSA) is 81.4 Å². The molecule has 0 bridgehead atoms. The van der Waals surface area contributed by atoms with Gasteiger partial charge in [-0.05, 0) is 18.6 Å². The molecule has 1 heterocycles. The van der Waals surface area contributed by atoms with E-state index in [4.69, 9.17) is 4.74 Å². The molecule has 6 nitrogen and oxygen atoms in total. The lowest BCUT2D eigenvalue weighted by molar-refractivity contribution is -0.152. The number of amides is 1. The van der Waals surface area contributed by atoms with Gasteiger partial charge in [-0.1, -0.05) is 19.1 Å². The first kappa shape index (κ1) is 17.5. The van der Waals surface area contributed by atoms with Crippen LogP contribution < -0.4 is 10.1 Å². The van der Waals surface area contributed by atoms with Gasteiger partial charge in [-0.25, -0.2) is 4.98 Å². The van der Waals surface area contributed by atoms with E-state index in [0.29, 0.717) is 11.8 Å².